The van der Waals surface area contributed by atoms with Crippen LogP contribution in [0.5, 0.6) is 0 Å². The fourth-order valence-corrected chi connectivity index (χ4v) is 16.9. The third-order valence-electron chi connectivity index (χ3n) is 9.50. The van der Waals surface area contributed by atoms with Crippen molar-refractivity contribution in [3.05, 3.63) is 0 Å². The van der Waals surface area contributed by atoms with Crippen LogP contribution in [-0.2, 0) is 17.7 Å². The first-order valence-electron chi connectivity index (χ1n) is 11.3. The van der Waals surface area contributed by atoms with Crippen molar-refractivity contribution >= 4 is 17.1 Å². The second kappa shape index (κ2) is 8.79. The van der Waals surface area contributed by atoms with Gasteiger partial charge in [0.1, 0.15) is 0 Å². The Balaban J connectivity index is 2.15. The van der Waals surface area contributed by atoms with Crippen molar-refractivity contribution in [1.29, 1.82) is 0 Å². The van der Waals surface area contributed by atoms with Crippen LogP contribution in [0.2, 0.25) is 21.2 Å². The first kappa shape index (κ1) is 24.5. The molecule has 166 valence electrons. The van der Waals surface area contributed by atoms with E-state index in [9.17, 15) is 0 Å². The minimum Gasteiger partial charge on any atom is -0.397 e. The van der Waals surface area contributed by atoms with Gasteiger partial charge in [-0.2, -0.15) is 0 Å². The zero-order valence-corrected chi connectivity index (χ0v) is 22.2. The van der Waals surface area contributed by atoms with Crippen LogP contribution in [0.1, 0.15) is 80.1 Å². The monoisotopic (exact) mass is 430 g/mol. The van der Waals surface area contributed by atoms with E-state index in [0.717, 1.165) is 0 Å². The minimum absolute atomic E-state index is 0.177. The SMILES string of the molecule is CO[Si]1(OC)C(C)CCC1(C)C(C)CCC(C)C1(C)CCC(C)[Si]1(OC)OC. The van der Waals surface area contributed by atoms with E-state index in [2.05, 4.69) is 41.5 Å². The molecule has 0 spiro atoms. The summed E-state index contributed by atoms with van der Waals surface area (Å²) in [5, 5.41) is 0.354. The summed E-state index contributed by atoms with van der Waals surface area (Å²) in [6, 6.07) is 0. The standard InChI is InChI=1S/C22H46O4Si2/c1-17(21(5)15-13-19(3)27(21,23-7)24-8)11-12-18(2)22(6)16-14-20(4)28(22,25-9)26-10/h17-20H,11-16H2,1-10H3. The van der Waals surface area contributed by atoms with Crippen molar-refractivity contribution in [2.45, 2.75) is 101 Å². The summed E-state index contributed by atoms with van der Waals surface area (Å²) in [7, 11) is 3.08. The topological polar surface area (TPSA) is 36.9 Å². The minimum atomic E-state index is -2.22. The van der Waals surface area contributed by atoms with Crippen LogP contribution < -0.4 is 0 Å². The van der Waals surface area contributed by atoms with Crippen molar-refractivity contribution in [3.8, 4) is 0 Å². The van der Waals surface area contributed by atoms with E-state index in [0.29, 0.717) is 22.9 Å². The van der Waals surface area contributed by atoms with Gasteiger partial charge in [0.05, 0.1) is 0 Å². The molecule has 6 atom stereocenters. The summed E-state index contributed by atoms with van der Waals surface area (Å²) in [6.07, 6.45) is 7.33. The third-order valence-corrected chi connectivity index (χ3v) is 19.8. The Morgan fingerprint density at radius 1 is 0.714 bits per heavy atom. The van der Waals surface area contributed by atoms with Crippen LogP contribution in [-0.4, -0.2) is 45.6 Å². The predicted octanol–water partition coefficient (Wildman–Crippen LogP) is 6.40. The maximum absolute atomic E-state index is 6.19. The van der Waals surface area contributed by atoms with Gasteiger partial charge in [-0.3, -0.25) is 0 Å². The maximum Gasteiger partial charge on any atom is 0.346 e. The van der Waals surface area contributed by atoms with E-state index in [4.69, 9.17) is 17.7 Å². The highest BCUT2D eigenvalue weighted by Crippen LogP contribution is 2.64. The Labute approximate surface area is 176 Å². The molecule has 0 aromatic rings. The van der Waals surface area contributed by atoms with E-state index in [1.54, 1.807) is 0 Å². The third kappa shape index (κ3) is 3.30. The quantitative estimate of drug-likeness (QED) is 0.397. The zero-order valence-electron chi connectivity index (χ0n) is 20.2. The van der Waals surface area contributed by atoms with Gasteiger partial charge in [0.25, 0.3) is 0 Å². The van der Waals surface area contributed by atoms with Gasteiger partial charge < -0.3 is 17.7 Å². The molecule has 0 radical (unpaired) electrons. The van der Waals surface area contributed by atoms with Gasteiger partial charge in [0.2, 0.25) is 0 Å². The molecule has 2 heterocycles. The maximum atomic E-state index is 6.19. The van der Waals surface area contributed by atoms with E-state index >= 15 is 0 Å². The van der Waals surface area contributed by atoms with Crippen molar-refractivity contribution in [2.24, 2.45) is 11.8 Å². The van der Waals surface area contributed by atoms with Crippen LogP contribution in [0.3, 0.4) is 0 Å². The fourth-order valence-electron chi connectivity index (χ4n) is 7.11. The summed E-state index contributed by atoms with van der Waals surface area (Å²) >= 11 is 0. The van der Waals surface area contributed by atoms with Gasteiger partial charge in [-0.05, 0) is 37.5 Å². The van der Waals surface area contributed by atoms with Crippen LogP contribution in [0.4, 0.5) is 0 Å². The molecule has 2 aliphatic rings. The lowest BCUT2D eigenvalue weighted by molar-refractivity contribution is 0.169. The molecule has 0 aliphatic carbocycles. The summed E-state index contributed by atoms with van der Waals surface area (Å²) in [5.74, 6) is 1.19. The van der Waals surface area contributed by atoms with E-state index in [1.165, 1.54) is 38.5 Å². The van der Waals surface area contributed by atoms with Crippen LogP contribution >= 0.6 is 0 Å². The highest BCUT2D eigenvalue weighted by molar-refractivity contribution is 6.73. The lowest BCUT2D eigenvalue weighted by Crippen LogP contribution is -2.53. The number of rotatable bonds is 9. The molecule has 2 saturated heterocycles. The molecule has 6 heteroatoms. The molecule has 6 unspecified atom stereocenters. The van der Waals surface area contributed by atoms with Crippen LogP contribution in [0.15, 0.2) is 0 Å². The van der Waals surface area contributed by atoms with Crippen molar-refractivity contribution in [3.63, 3.8) is 0 Å². The van der Waals surface area contributed by atoms with Crippen LogP contribution in [0.25, 0.3) is 0 Å². The predicted molar refractivity (Wildman–Crippen MR) is 121 cm³/mol. The average Bonchev–Trinajstić information content (AvgIpc) is 3.11. The van der Waals surface area contributed by atoms with Crippen molar-refractivity contribution in [1.82, 2.24) is 0 Å². The van der Waals surface area contributed by atoms with Gasteiger partial charge in [0, 0.05) is 49.6 Å². The molecule has 4 nitrogen and oxygen atoms in total. The Hall–Kier alpha value is 0.274. The highest BCUT2D eigenvalue weighted by Gasteiger charge is 2.65. The Morgan fingerprint density at radius 2 is 1.00 bits per heavy atom. The summed E-state index contributed by atoms with van der Waals surface area (Å²) in [4.78, 5) is 0. The van der Waals surface area contributed by atoms with E-state index in [1.807, 2.05) is 28.4 Å². The number of hydrogen-bond acceptors (Lipinski definition) is 4. The summed E-state index contributed by atoms with van der Waals surface area (Å²) < 4.78 is 24.8. The number of hydrogen-bond donors (Lipinski definition) is 0. The molecule has 2 rings (SSSR count). The smallest absolute Gasteiger partial charge is 0.346 e. The van der Waals surface area contributed by atoms with E-state index in [-0.39, 0.29) is 10.1 Å². The Kier molecular flexibility index (Phi) is 7.71. The van der Waals surface area contributed by atoms with Gasteiger partial charge >= 0.3 is 17.1 Å². The largest absolute Gasteiger partial charge is 0.397 e. The van der Waals surface area contributed by atoms with Crippen molar-refractivity contribution in [2.75, 3.05) is 28.4 Å². The second-order valence-corrected chi connectivity index (χ2v) is 18.8. The van der Waals surface area contributed by atoms with Gasteiger partial charge in [0.15, 0.2) is 0 Å². The average molecular weight is 431 g/mol. The molecule has 0 bridgehead atoms. The molecule has 0 saturated carbocycles. The zero-order chi connectivity index (χ0) is 21.4. The molecule has 0 aromatic heterocycles. The molecule has 2 aliphatic heterocycles. The van der Waals surface area contributed by atoms with Gasteiger partial charge in [-0.1, -0.05) is 54.4 Å². The lowest BCUT2D eigenvalue weighted by atomic mass is 9.81. The first-order chi connectivity index (χ1) is 13.0. The summed E-state index contributed by atoms with van der Waals surface area (Å²) in [6.45, 7) is 14.4. The highest BCUT2D eigenvalue weighted by atomic mass is 28.4. The first-order valence-corrected chi connectivity index (χ1v) is 15.0. The van der Waals surface area contributed by atoms with Crippen molar-refractivity contribution < 1.29 is 17.7 Å². The fraction of sp³-hybridized carbons (Fsp3) is 1.00. The molecule has 2 fully saturated rings. The van der Waals surface area contributed by atoms with E-state index < -0.39 is 17.1 Å². The lowest BCUT2D eigenvalue weighted by Gasteiger charge is -2.47. The van der Waals surface area contributed by atoms with Crippen LogP contribution in [0, 0.1) is 11.8 Å². The molecule has 0 amide bonds. The Bertz CT molecular complexity index is 477. The molecule has 0 aromatic carbocycles. The molecular weight excluding hydrogens is 384 g/mol. The summed E-state index contributed by atoms with van der Waals surface area (Å²) in [5.41, 5.74) is 1.12. The molecule has 0 N–H and O–H groups in total. The van der Waals surface area contributed by atoms with Gasteiger partial charge in [-0.25, -0.2) is 0 Å². The second-order valence-electron chi connectivity index (χ2n) is 10.2. The molecular formula is C22H46O4Si2. The normalized spacial score (nSPS) is 39.2. The van der Waals surface area contributed by atoms with Gasteiger partial charge in [-0.15, -0.1) is 0 Å². The molecule has 28 heavy (non-hydrogen) atoms. The Morgan fingerprint density at radius 3 is 1.25 bits per heavy atom.